The van der Waals surface area contributed by atoms with Gasteiger partial charge in [-0.3, -0.25) is 10.1 Å². The van der Waals surface area contributed by atoms with Crippen LogP contribution in [0.2, 0.25) is 5.02 Å². The van der Waals surface area contributed by atoms with E-state index < -0.39 is 4.92 Å². The quantitative estimate of drug-likeness (QED) is 0.631. The second-order valence-electron chi connectivity index (χ2n) is 3.95. The van der Waals surface area contributed by atoms with Crippen LogP contribution in [-0.2, 0) is 0 Å². The number of methoxy groups -OCH3 is 1. The van der Waals surface area contributed by atoms with E-state index >= 15 is 0 Å². The number of hydrogen-bond donors (Lipinski definition) is 0. The second kappa shape index (κ2) is 6.11. The maximum Gasteiger partial charge on any atom is 0.314 e. The van der Waals surface area contributed by atoms with Crippen molar-refractivity contribution in [3.63, 3.8) is 0 Å². The molecule has 0 saturated heterocycles. The van der Waals surface area contributed by atoms with Crippen molar-refractivity contribution in [1.82, 2.24) is 0 Å². The van der Waals surface area contributed by atoms with Crippen molar-refractivity contribution >= 4 is 17.3 Å². The second-order valence-corrected chi connectivity index (χ2v) is 4.38. The molecule has 0 aliphatic rings. The molecule has 0 fully saturated rings. The number of nitro benzene ring substituents is 1. The summed E-state index contributed by atoms with van der Waals surface area (Å²) in [5.74, 6) is 0.560. The van der Waals surface area contributed by atoms with Gasteiger partial charge in [0.2, 0.25) is 0 Å². The standard InChI is InChI=1S/C14H9ClN2O4/c1-20-13-5-4-11(7-12(13)17(18)19)21-14-6-10(15)3-2-9(14)8-16/h2-7H,1H3. The van der Waals surface area contributed by atoms with E-state index in [9.17, 15) is 10.1 Å². The summed E-state index contributed by atoms with van der Waals surface area (Å²) in [6.07, 6.45) is 0. The van der Waals surface area contributed by atoms with E-state index in [1.165, 1.54) is 37.4 Å². The molecule has 2 rings (SSSR count). The van der Waals surface area contributed by atoms with Crippen LogP contribution in [0.15, 0.2) is 36.4 Å². The van der Waals surface area contributed by atoms with Gasteiger partial charge in [-0.05, 0) is 24.3 Å². The van der Waals surface area contributed by atoms with Gasteiger partial charge in [0.05, 0.1) is 23.7 Å². The Balaban J connectivity index is 2.41. The summed E-state index contributed by atoms with van der Waals surface area (Å²) in [7, 11) is 1.34. The first-order valence-corrected chi connectivity index (χ1v) is 6.13. The van der Waals surface area contributed by atoms with Gasteiger partial charge in [-0.2, -0.15) is 5.26 Å². The van der Waals surface area contributed by atoms with Crippen molar-refractivity contribution in [3.8, 4) is 23.3 Å². The van der Waals surface area contributed by atoms with Gasteiger partial charge in [-0.25, -0.2) is 0 Å². The summed E-state index contributed by atoms with van der Waals surface area (Å²) in [6, 6.07) is 10.6. The number of nitriles is 1. The lowest BCUT2D eigenvalue weighted by Gasteiger charge is -2.09. The fourth-order valence-corrected chi connectivity index (χ4v) is 1.84. The van der Waals surface area contributed by atoms with E-state index in [-0.39, 0.29) is 28.5 Å². The fourth-order valence-electron chi connectivity index (χ4n) is 1.68. The molecular weight excluding hydrogens is 296 g/mol. The number of nitrogens with zero attached hydrogens (tertiary/aromatic N) is 2. The van der Waals surface area contributed by atoms with Gasteiger partial charge in [0.15, 0.2) is 5.75 Å². The van der Waals surface area contributed by atoms with Crippen molar-refractivity contribution in [2.24, 2.45) is 0 Å². The van der Waals surface area contributed by atoms with Gasteiger partial charge in [-0.15, -0.1) is 0 Å². The van der Waals surface area contributed by atoms with Crippen molar-refractivity contribution in [2.75, 3.05) is 7.11 Å². The van der Waals surface area contributed by atoms with E-state index in [2.05, 4.69) is 0 Å². The SMILES string of the molecule is COc1ccc(Oc2cc(Cl)ccc2C#N)cc1[N+](=O)[O-]. The molecule has 2 aromatic carbocycles. The molecule has 0 amide bonds. The monoisotopic (exact) mass is 304 g/mol. The Morgan fingerprint density at radius 1 is 1.24 bits per heavy atom. The highest BCUT2D eigenvalue weighted by Crippen LogP contribution is 2.34. The third kappa shape index (κ3) is 3.22. The summed E-state index contributed by atoms with van der Waals surface area (Å²) >= 11 is 5.85. The number of ether oxygens (including phenoxy) is 2. The Bertz CT molecular complexity index is 740. The largest absolute Gasteiger partial charge is 0.490 e. The number of nitro groups is 1. The molecule has 2 aromatic rings. The Morgan fingerprint density at radius 2 is 2.00 bits per heavy atom. The Kier molecular flexibility index (Phi) is 4.26. The average Bonchev–Trinajstić information content (AvgIpc) is 2.47. The smallest absolute Gasteiger partial charge is 0.314 e. The van der Waals surface area contributed by atoms with Crippen LogP contribution in [0.5, 0.6) is 17.2 Å². The van der Waals surface area contributed by atoms with Crippen molar-refractivity contribution in [1.29, 1.82) is 5.26 Å². The Labute approximate surface area is 125 Å². The van der Waals surface area contributed by atoms with Crippen LogP contribution in [0.4, 0.5) is 5.69 Å². The summed E-state index contributed by atoms with van der Waals surface area (Å²) in [6.45, 7) is 0. The lowest BCUT2D eigenvalue weighted by Crippen LogP contribution is -1.95. The van der Waals surface area contributed by atoms with Gasteiger partial charge < -0.3 is 9.47 Å². The topological polar surface area (TPSA) is 85.4 Å². The minimum absolute atomic E-state index is 0.124. The molecule has 0 bridgehead atoms. The minimum Gasteiger partial charge on any atom is -0.490 e. The van der Waals surface area contributed by atoms with Crippen LogP contribution in [0.3, 0.4) is 0 Å². The highest BCUT2D eigenvalue weighted by atomic mass is 35.5. The highest BCUT2D eigenvalue weighted by Gasteiger charge is 2.16. The highest BCUT2D eigenvalue weighted by molar-refractivity contribution is 6.30. The molecule has 0 spiro atoms. The maximum absolute atomic E-state index is 11.0. The van der Waals surface area contributed by atoms with Gasteiger partial charge in [0, 0.05) is 11.1 Å². The van der Waals surface area contributed by atoms with E-state index in [0.717, 1.165) is 0 Å². The van der Waals surface area contributed by atoms with Crippen LogP contribution >= 0.6 is 11.6 Å². The summed E-state index contributed by atoms with van der Waals surface area (Å²) in [5.41, 5.74) is 0.0495. The van der Waals surface area contributed by atoms with E-state index in [0.29, 0.717) is 5.02 Å². The predicted octanol–water partition coefficient (Wildman–Crippen LogP) is 3.92. The van der Waals surface area contributed by atoms with E-state index in [1.807, 2.05) is 6.07 Å². The van der Waals surface area contributed by atoms with Gasteiger partial charge in [0.1, 0.15) is 17.6 Å². The maximum atomic E-state index is 11.0. The number of benzene rings is 2. The van der Waals surface area contributed by atoms with Crippen molar-refractivity contribution in [2.45, 2.75) is 0 Å². The molecule has 21 heavy (non-hydrogen) atoms. The Morgan fingerprint density at radius 3 is 2.62 bits per heavy atom. The molecule has 7 heteroatoms. The lowest BCUT2D eigenvalue weighted by molar-refractivity contribution is -0.385. The number of halogens is 1. The molecule has 0 unspecified atom stereocenters. The molecule has 0 aliphatic carbocycles. The van der Waals surface area contributed by atoms with Gasteiger partial charge in [0.25, 0.3) is 0 Å². The molecule has 0 saturated carbocycles. The first-order valence-electron chi connectivity index (χ1n) is 5.75. The number of hydrogen-bond acceptors (Lipinski definition) is 5. The third-order valence-electron chi connectivity index (χ3n) is 2.64. The molecule has 0 heterocycles. The van der Waals surface area contributed by atoms with Gasteiger partial charge >= 0.3 is 5.69 Å². The molecule has 0 aliphatic heterocycles. The fraction of sp³-hybridized carbons (Fsp3) is 0.0714. The van der Waals surface area contributed by atoms with Crippen LogP contribution in [0.25, 0.3) is 0 Å². The zero-order chi connectivity index (χ0) is 15.4. The lowest BCUT2D eigenvalue weighted by atomic mass is 10.2. The zero-order valence-electron chi connectivity index (χ0n) is 10.9. The predicted molar refractivity (Wildman–Crippen MR) is 75.9 cm³/mol. The number of rotatable bonds is 4. The van der Waals surface area contributed by atoms with E-state index in [4.69, 9.17) is 26.3 Å². The minimum atomic E-state index is -0.575. The molecule has 106 valence electrons. The van der Waals surface area contributed by atoms with Crippen LogP contribution in [-0.4, -0.2) is 12.0 Å². The normalized spacial score (nSPS) is 9.76. The van der Waals surface area contributed by atoms with Gasteiger partial charge in [-0.1, -0.05) is 11.6 Å². The molecule has 0 aromatic heterocycles. The molecule has 6 nitrogen and oxygen atoms in total. The summed E-state index contributed by atoms with van der Waals surface area (Å²) in [5, 5.41) is 20.4. The molecular formula is C14H9ClN2O4. The van der Waals surface area contributed by atoms with Crippen LogP contribution in [0.1, 0.15) is 5.56 Å². The first kappa shape index (κ1) is 14.6. The van der Waals surface area contributed by atoms with Crippen LogP contribution < -0.4 is 9.47 Å². The van der Waals surface area contributed by atoms with Crippen molar-refractivity contribution in [3.05, 3.63) is 57.1 Å². The molecule has 0 N–H and O–H groups in total. The Hall–Kier alpha value is -2.78. The average molecular weight is 305 g/mol. The molecule has 0 radical (unpaired) electrons. The molecule has 0 atom stereocenters. The first-order chi connectivity index (χ1) is 10.0. The van der Waals surface area contributed by atoms with Crippen molar-refractivity contribution < 1.29 is 14.4 Å². The van der Waals surface area contributed by atoms with E-state index in [1.54, 1.807) is 6.07 Å². The summed E-state index contributed by atoms with van der Waals surface area (Å²) in [4.78, 5) is 10.4. The summed E-state index contributed by atoms with van der Waals surface area (Å²) < 4.78 is 10.4. The third-order valence-corrected chi connectivity index (χ3v) is 2.87. The zero-order valence-corrected chi connectivity index (χ0v) is 11.6. The van der Waals surface area contributed by atoms with Crippen LogP contribution in [0, 0.1) is 21.4 Å².